The Morgan fingerprint density at radius 1 is 1.14 bits per heavy atom. The van der Waals surface area contributed by atoms with Crippen molar-refractivity contribution in [3.05, 3.63) is 83.8 Å². The van der Waals surface area contributed by atoms with Crippen LogP contribution in [0, 0.1) is 6.92 Å². The Morgan fingerprint density at radius 2 is 1.97 bits per heavy atom. The molecule has 5 rings (SSSR count). The quantitative estimate of drug-likeness (QED) is 0.595. The first-order valence-corrected chi connectivity index (χ1v) is 12.2. The van der Waals surface area contributed by atoms with E-state index >= 15 is 0 Å². The molecule has 2 aliphatic heterocycles. The molecule has 2 amide bonds. The van der Waals surface area contributed by atoms with E-state index in [0.29, 0.717) is 30.6 Å². The normalized spacial score (nSPS) is 23.8. The molecule has 0 bridgehead atoms. The van der Waals surface area contributed by atoms with Crippen LogP contribution in [0.1, 0.15) is 54.2 Å². The number of likely N-dealkylation sites (tertiary alicyclic amines) is 1. The third kappa shape index (κ3) is 4.76. The van der Waals surface area contributed by atoms with Gasteiger partial charge >= 0.3 is 0 Å². The molecule has 0 aliphatic carbocycles. The van der Waals surface area contributed by atoms with Gasteiger partial charge in [0.1, 0.15) is 11.3 Å². The predicted molar refractivity (Wildman–Crippen MR) is 132 cm³/mol. The van der Waals surface area contributed by atoms with E-state index in [2.05, 4.69) is 34.3 Å². The molecule has 3 atom stereocenters. The van der Waals surface area contributed by atoms with Gasteiger partial charge in [-0.25, -0.2) is 4.98 Å². The molecule has 35 heavy (non-hydrogen) atoms. The van der Waals surface area contributed by atoms with Crippen LogP contribution >= 0.6 is 0 Å². The molecule has 4 heterocycles. The molecule has 0 unspecified atom stereocenters. The maximum atomic E-state index is 14.2. The molecule has 180 valence electrons. The summed E-state index contributed by atoms with van der Waals surface area (Å²) in [6, 6.07) is 17.2. The summed E-state index contributed by atoms with van der Waals surface area (Å²) < 4.78 is 6.01. The first kappa shape index (κ1) is 23.0. The van der Waals surface area contributed by atoms with Gasteiger partial charge in [-0.1, -0.05) is 30.3 Å². The SMILES string of the molecule is Cc1ccc(Oc2ncccc2C(=O)N2[C@H](Cc3ccccc3)C[C@]3(C)NC(=O)CCC[C@H]23)cn1. The minimum Gasteiger partial charge on any atom is -0.437 e. The molecule has 3 aromatic rings. The molecular weight excluding hydrogens is 440 g/mol. The van der Waals surface area contributed by atoms with Crippen LogP contribution in [0.25, 0.3) is 0 Å². The lowest BCUT2D eigenvalue weighted by atomic mass is 9.88. The maximum Gasteiger partial charge on any atom is 0.259 e. The van der Waals surface area contributed by atoms with Crippen molar-refractivity contribution in [1.82, 2.24) is 20.2 Å². The maximum absolute atomic E-state index is 14.2. The van der Waals surface area contributed by atoms with Crippen molar-refractivity contribution < 1.29 is 14.3 Å². The summed E-state index contributed by atoms with van der Waals surface area (Å²) in [5.41, 5.74) is 1.97. The van der Waals surface area contributed by atoms with Crippen LogP contribution in [-0.2, 0) is 11.2 Å². The molecule has 0 spiro atoms. The molecule has 2 aliphatic rings. The second kappa shape index (κ2) is 9.49. The summed E-state index contributed by atoms with van der Waals surface area (Å²) in [6.45, 7) is 3.98. The summed E-state index contributed by atoms with van der Waals surface area (Å²) in [4.78, 5) is 37.3. The van der Waals surface area contributed by atoms with Gasteiger partial charge in [0.15, 0.2) is 0 Å². The Labute approximate surface area is 205 Å². The summed E-state index contributed by atoms with van der Waals surface area (Å²) in [5, 5.41) is 3.24. The molecule has 2 aromatic heterocycles. The zero-order valence-corrected chi connectivity index (χ0v) is 20.1. The molecule has 7 nitrogen and oxygen atoms in total. The highest BCUT2D eigenvalue weighted by Crippen LogP contribution is 2.41. The number of carbonyl (C=O) groups excluding carboxylic acids is 2. The predicted octanol–water partition coefficient (Wildman–Crippen LogP) is 4.46. The number of aromatic nitrogens is 2. The standard InChI is InChI=1S/C28H30N4O3/c1-19-13-14-22(18-30-19)35-26-23(10-7-15-29-26)27(34)32-21(16-20-8-4-3-5-9-20)17-28(2)24(32)11-6-12-25(33)31-28/h3-5,7-10,13-15,18,21,24H,6,11-12,16-17H2,1-2H3,(H,31,33)/t21-,24+,28+/m1/s1. The van der Waals surface area contributed by atoms with Crippen LogP contribution in [0.2, 0.25) is 0 Å². The van der Waals surface area contributed by atoms with Crippen LogP contribution in [0.3, 0.4) is 0 Å². The van der Waals surface area contributed by atoms with Gasteiger partial charge in [-0.2, -0.15) is 0 Å². The van der Waals surface area contributed by atoms with Gasteiger partial charge in [0.25, 0.3) is 5.91 Å². The van der Waals surface area contributed by atoms with Gasteiger partial charge in [0, 0.05) is 24.4 Å². The lowest BCUT2D eigenvalue weighted by Crippen LogP contribution is -2.54. The van der Waals surface area contributed by atoms with E-state index in [1.807, 2.05) is 42.2 Å². The van der Waals surface area contributed by atoms with Gasteiger partial charge in [0.2, 0.25) is 11.8 Å². The second-order valence-electron chi connectivity index (χ2n) is 9.73. The zero-order valence-electron chi connectivity index (χ0n) is 20.1. The number of nitrogens with zero attached hydrogens (tertiary/aromatic N) is 3. The van der Waals surface area contributed by atoms with Crippen LogP contribution in [0.15, 0.2) is 67.0 Å². The van der Waals surface area contributed by atoms with E-state index in [-0.39, 0.29) is 29.8 Å². The van der Waals surface area contributed by atoms with Crippen molar-refractivity contribution in [2.24, 2.45) is 0 Å². The van der Waals surface area contributed by atoms with Crippen LogP contribution in [-0.4, -0.2) is 44.3 Å². The van der Waals surface area contributed by atoms with Crippen molar-refractivity contribution in [3.63, 3.8) is 0 Å². The number of hydrogen-bond donors (Lipinski definition) is 1. The number of amides is 2. The highest BCUT2D eigenvalue weighted by molar-refractivity contribution is 5.97. The van der Waals surface area contributed by atoms with E-state index in [1.54, 1.807) is 24.5 Å². The van der Waals surface area contributed by atoms with Crippen LogP contribution in [0.5, 0.6) is 11.6 Å². The Hall–Kier alpha value is -3.74. The number of pyridine rings is 2. The monoisotopic (exact) mass is 470 g/mol. The fraction of sp³-hybridized carbons (Fsp3) is 0.357. The number of fused-ring (bicyclic) bond motifs is 1. The lowest BCUT2D eigenvalue weighted by Gasteiger charge is -2.35. The number of aryl methyl sites for hydroxylation is 1. The van der Waals surface area contributed by atoms with Gasteiger partial charge < -0.3 is 15.0 Å². The summed E-state index contributed by atoms with van der Waals surface area (Å²) >= 11 is 0. The average molecular weight is 471 g/mol. The van der Waals surface area contributed by atoms with Gasteiger partial charge in [-0.05, 0) is 69.4 Å². The van der Waals surface area contributed by atoms with Crippen LogP contribution < -0.4 is 10.1 Å². The molecule has 2 fully saturated rings. The van der Waals surface area contributed by atoms with Gasteiger partial charge in [-0.15, -0.1) is 0 Å². The van der Waals surface area contributed by atoms with E-state index in [0.717, 1.165) is 24.1 Å². The smallest absolute Gasteiger partial charge is 0.259 e. The molecule has 2 saturated heterocycles. The molecule has 0 saturated carbocycles. The number of nitrogens with one attached hydrogen (secondary N) is 1. The summed E-state index contributed by atoms with van der Waals surface area (Å²) in [6.07, 6.45) is 6.66. The van der Waals surface area contributed by atoms with E-state index < -0.39 is 5.54 Å². The van der Waals surface area contributed by atoms with Crippen molar-refractivity contribution in [2.45, 2.75) is 63.6 Å². The average Bonchev–Trinajstić information content (AvgIpc) is 3.02. The third-order valence-corrected chi connectivity index (χ3v) is 7.08. The highest BCUT2D eigenvalue weighted by Gasteiger charge is 2.52. The molecular formula is C28H30N4O3. The molecule has 1 N–H and O–H groups in total. The Morgan fingerprint density at radius 3 is 2.74 bits per heavy atom. The molecule has 7 heteroatoms. The molecule has 0 radical (unpaired) electrons. The highest BCUT2D eigenvalue weighted by atomic mass is 16.5. The Balaban J connectivity index is 1.50. The first-order chi connectivity index (χ1) is 16.9. The largest absolute Gasteiger partial charge is 0.437 e. The number of carbonyl (C=O) groups is 2. The topological polar surface area (TPSA) is 84.4 Å². The van der Waals surface area contributed by atoms with Gasteiger partial charge in [0.05, 0.1) is 17.8 Å². The number of ether oxygens (including phenoxy) is 1. The van der Waals surface area contributed by atoms with E-state index in [1.165, 1.54) is 0 Å². The van der Waals surface area contributed by atoms with E-state index in [9.17, 15) is 9.59 Å². The fourth-order valence-corrected chi connectivity index (χ4v) is 5.48. The summed E-state index contributed by atoms with van der Waals surface area (Å²) in [7, 11) is 0. The lowest BCUT2D eigenvalue weighted by molar-refractivity contribution is -0.122. The van der Waals surface area contributed by atoms with Crippen molar-refractivity contribution in [3.8, 4) is 11.6 Å². The zero-order chi connectivity index (χ0) is 24.4. The molecule has 1 aromatic carbocycles. The Kier molecular flexibility index (Phi) is 6.24. The van der Waals surface area contributed by atoms with Gasteiger partial charge in [-0.3, -0.25) is 14.6 Å². The van der Waals surface area contributed by atoms with Crippen molar-refractivity contribution in [1.29, 1.82) is 0 Å². The first-order valence-electron chi connectivity index (χ1n) is 12.2. The van der Waals surface area contributed by atoms with Crippen molar-refractivity contribution in [2.75, 3.05) is 0 Å². The second-order valence-corrected chi connectivity index (χ2v) is 9.73. The number of benzene rings is 1. The van der Waals surface area contributed by atoms with Crippen LogP contribution in [0.4, 0.5) is 0 Å². The van der Waals surface area contributed by atoms with Crippen molar-refractivity contribution >= 4 is 11.8 Å². The third-order valence-electron chi connectivity index (χ3n) is 7.08. The number of hydrogen-bond acceptors (Lipinski definition) is 5. The number of rotatable bonds is 5. The minimum atomic E-state index is -0.479. The summed E-state index contributed by atoms with van der Waals surface area (Å²) in [5.74, 6) is 0.712. The fourth-order valence-electron chi connectivity index (χ4n) is 5.48. The minimum absolute atomic E-state index is 0.0556. The van der Waals surface area contributed by atoms with E-state index in [4.69, 9.17) is 4.74 Å². The Bertz CT molecular complexity index is 1210.